The molecule has 0 aromatic carbocycles. The standard InChI is InChI=1S/C4H10NO6P/c1-2(3(5)4(6)7)11-12(8,9)10/h2-3H,5H2,1H3,(H,6,7)(H2,8,9,10)/t2?,3-/m0/s1. The third kappa shape index (κ3) is 4.42. The second-order valence-corrected chi connectivity index (χ2v) is 3.36. The first-order valence-corrected chi connectivity index (χ1v) is 4.49. The van der Waals surface area contributed by atoms with E-state index >= 15 is 0 Å². The van der Waals surface area contributed by atoms with Crippen LogP contribution in [-0.4, -0.2) is 33.0 Å². The number of nitrogens with two attached hydrogens (primary N) is 1. The fraction of sp³-hybridized carbons (Fsp3) is 0.750. The van der Waals surface area contributed by atoms with Gasteiger partial charge < -0.3 is 20.6 Å². The van der Waals surface area contributed by atoms with Crippen molar-refractivity contribution < 1.29 is 28.8 Å². The number of hydrogen-bond donors (Lipinski definition) is 4. The van der Waals surface area contributed by atoms with Crippen molar-refractivity contribution in [2.45, 2.75) is 19.1 Å². The molecule has 5 N–H and O–H groups in total. The van der Waals surface area contributed by atoms with E-state index in [1.54, 1.807) is 0 Å². The Morgan fingerprint density at radius 2 is 2.00 bits per heavy atom. The van der Waals surface area contributed by atoms with Crippen LogP contribution in [0.4, 0.5) is 0 Å². The molecule has 0 radical (unpaired) electrons. The van der Waals surface area contributed by atoms with Crippen LogP contribution in [0.2, 0.25) is 0 Å². The van der Waals surface area contributed by atoms with Crippen LogP contribution in [0, 0.1) is 0 Å². The molecule has 12 heavy (non-hydrogen) atoms. The van der Waals surface area contributed by atoms with Crippen molar-refractivity contribution in [3.63, 3.8) is 0 Å². The summed E-state index contributed by atoms with van der Waals surface area (Å²) in [6, 6.07) is -1.45. The third-order valence-corrected chi connectivity index (χ3v) is 1.70. The second kappa shape index (κ2) is 3.97. The molecule has 0 aromatic rings. The monoisotopic (exact) mass is 199 g/mol. The van der Waals surface area contributed by atoms with E-state index in [0.29, 0.717) is 0 Å². The smallest absolute Gasteiger partial charge is 0.469 e. The van der Waals surface area contributed by atoms with Crippen LogP contribution in [0.25, 0.3) is 0 Å². The van der Waals surface area contributed by atoms with Crippen molar-refractivity contribution in [3.8, 4) is 0 Å². The van der Waals surface area contributed by atoms with Gasteiger partial charge in [-0.2, -0.15) is 0 Å². The number of hydrogen-bond acceptors (Lipinski definition) is 4. The molecule has 7 nitrogen and oxygen atoms in total. The maximum Gasteiger partial charge on any atom is 0.469 e. The van der Waals surface area contributed by atoms with Crippen molar-refractivity contribution in [1.82, 2.24) is 0 Å². The Balaban J connectivity index is 4.13. The lowest BCUT2D eigenvalue weighted by atomic mass is 10.2. The lowest BCUT2D eigenvalue weighted by Gasteiger charge is -2.16. The zero-order valence-electron chi connectivity index (χ0n) is 6.25. The van der Waals surface area contributed by atoms with E-state index in [-0.39, 0.29) is 0 Å². The van der Waals surface area contributed by atoms with Crippen LogP contribution >= 0.6 is 7.82 Å². The fourth-order valence-electron chi connectivity index (χ4n) is 0.483. The molecule has 0 aliphatic carbocycles. The highest BCUT2D eigenvalue weighted by atomic mass is 31.2. The molecule has 1 unspecified atom stereocenters. The molecule has 2 atom stereocenters. The van der Waals surface area contributed by atoms with Gasteiger partial charge in [-0.25, -0.2) is 4.57 Å². The third-order valence-electron chi connectivity index (χ3n) is 1.09. The summed E-state index contributed by atoms with van der Waals surface area (Å²) in [5, 5.41) is 8.29. The number of carbonyl (C=O) groups is 1. The number of phosphoric ester groups is 1. The largest absolute Gasteiger partial charge is 0.480 e. The van der Waals surface area contributed by atoms with Gasteiger partial charge in [0.2, 0.25) is 0 Å². The van der Waals surface area contributed by atoms with Gasteiger partial charge in [-0.1, -0.05) is 0 Å². The summed E-state index contributed by atoms with van der Waals surface area (Å²) in [4.78, 5) is 26.7. The Bertz CT molecular complexity index is 212. The first-order chi connectivity index (χ1) is 5.24. The van der Waals surface area contributed by atoms with Crippen LogP contribution in [0.15, 0.2) is 0 Å². The van der Waals surface area contributed by atoms with Crippen molar-refractivity contribution in [2.75, 3.05) is 0 Å². The Hall–Kier alpha value is -0.460. The topological polar surface area (TPSA) is 130 Å². The van der Waals surface area contributed by atoms with E-state index in [1.165, 1.54) is 0 Å². The molecule has 0 rings (SSSR count). The zero-order valence-corrected chi connectivity index (χ0v) is 7.14. The summed E-state index contributed by atoms with van der Waals surface area (Å²) in [7, 11) is -4.66. The zero-order chi connectivity index (χ0) is 9.94. The van der Waals surface area contributed by atoms with Gasteiger partial charge in [-0.05, 0) is 6.92 Å². The number of rotatable bonds is 4. The maximum absolute atomic E-state index is 10.2. The van der Waals surface area contributed by atoms with Gasteiger partial charge in [-0.3, -0.25) is 9.32 Å². The average Bonchev–Trinajstić information content (AvgIpc) is 1.82. The quantitative estimate of drug-likeness (QED) is 0.422. The number of phosphoric acid groups is 1. The predicted molar refractivity (Wildman–Crippen MR) is 38.2 cm³/mol. The molecule has 0 heterocycles. The van der Waals surface area contributed by atoms with Gasteiger partial charge in [0, 0.05) is 0 Å². The van der Waals surface area contributed by atoms with Crippen molar-refractivity contribution in [1.29, 1.82) is 0 Å². The summed E-state index contributed by atoms with van der Waals surface area (Å²) in [5.41, 5.74) is 5.00. The fourth-order valence-corrected chi connectivity index (χ4v) is 1.05. The minimum atomic E-state index is -4.66. The molecule has 0 saturated carbocycles. The molecule has 0 spiro atoms. The van der Waals surface area contributed by atoms with Crippen LogP contribution < -0.4 is 5.73 Å². The van der Waals surface area contributed by atoms with Crippen LogP contribution in [-0.2, 0) is 13.9 Å². The Morgan fingerprint density at radius 1 is 1.58 bits per heavy atom. The normalized spacial score (nSPS) is 17.0. The molecule has 0 amide bonds. The lowest BCUT2D eigenvalue weighted by Crippen LogP contribution is -2.41. The van der Waals surface area contributed by atoms with Crippen molar-refractivity contribution in [2.24, 2.45) is 5.73 Å². The van der Waals surface area contributed by atoms with Gasteiger partial charge in [0.25, 0.3) is 0 Å². The molecule has 0 bridgehead atoms. The minimum absolute atomic E-state index is 1.16. The Kier molecular flexibility index (Phi) is 3.82. The van der Waals surface area contributed by atoms with Crippen LogP contribution in [0.5, 0.6) is 0 Å². The molecule has 72 valence electrons. The van der Waals surface area contributed by atoms with Crippen LogP contribution in [0.3, 0.4) is 0 Å². The van der Waals surface area contributed by atoms with E-state index in [1.807, 2.05) is 0 Å². The highest BCUT2D eigenvalue weighted by Crippen LogP contribution is 2.37. The first-order valence-electron chi connectivity index (χ1n) is 2.96. The van der Waals surface area contributed by atoms with Crippen molar-refractivity contribution >= 4 is 13.8 Å². The molecular weight excluding hydrogens is 189 g/mol. The number of carboxylic acids is 1. The summed E-state index contributed by atoms with van der Waals surface area (Å²) in [5.74, 6) is -1.38. The summed E-state index contributed by atoms with van der Waals surface area (Å²) < 4.78 is 14.2. The maximum atomic E-state index is 10.2. The molecule has 0 fully saturated rings. The van der Waals surface area contributed by atoms with Crippen molar-refractivity contribution in [3.05, 3.63) is 0 Å². The second-order valence-electron chi connectivity index (χ2n) is 2.17. The molecule has 0 saturated heterocycles. The first kappa shape index (κ1) is 11.5. The minimum Gasteiger partial charge on any atom is -0.480 e. The molecular formula is C4H10NO6P. The summed E-state index contributed by atoms with van der Waals surface area (Å²) >= 11 is 0. The van der Waals surface area contributed by atoms with E-state index in [4.69, 9.17) is 20.6 Å². The van der Waals surface area contributed by atoms with E-state index in [0.717, 1.165) is 6.92 Å². The van der Waals surface area contributed by atoms with Gasteiger partial charge in [-0.15, -0.1) is 0 Å². The van der Waals surface area contributed by atoms with Gasteiger partial charge in [0.15, 0.2) is 0 Å². The highest BCUT2D eigenvalue weighted by Gasteiger charge is 2.27. The van der Waals surface area contributed by atoms with E-state index in [2.05, 4.69) is 4.52 Å². The Labute approximate surface area is 68.4 Å². The summed E-state index contributed by atoms with van der Waals surface area (Å²) in [6.07, 6.45) is -1.23. The SMILES string of the molecule is CC(OP(=O)(O)O)[C@H](N)C(=O)O. The summed E-state index contributed by atoms with van der Waals surface area (Å²) in [6.45, 7) is 1.16. The Morgan fingerprint density at radius 3 is 2.25 bits per heavy atom. The van der Waals surface area contributed by atoms with Gasteiger partial charge >= 0.3 is 13.8 Å². The predicted octanol–water partition coefficient (Wildman–Crippen LogP) is -1.10. The van der Waals surface area contributed by atoms with Crippen LogP contribution in [0.1, 0.15) is 6.92 Å². The average molecular weight is 199 g/mol. The number of carboxylic acid groups (broad SMARTS) is 1. The molecule has 0 aromatic heterocycles. The molecule has 0 aliphatic heterocycles. The number of aliphatic carboxylic acids is 1. The van der Waals surface area contributed by atoms with E-state index < -0.39 is 25.9 Å². The highest BCUT2D eigenvalue weighted by molar-refractivity contribution is 7.46. The molecule has 8 heteroatoms. The lowest BCUT2D eigenvalue weighted by molar-refractivity contribution is -0.140. The van der Waals surface area contributed by atoms with Gasteiger partial charge in [0.1, 0.15) is 6.04 Å². The van der Waals surface area contributed by atoms with E-state index in [9.17, 15) is 9.36 Å². The van der Waals surface area contributed by atoms with Gasteiger partial charge in [0.05, 0.1) is 6.10 Å². The molecule has 0 aliphatic rings.